The van der Waals surface area contributed by atoms with Crippen LogP contribution >= 0.6 is 0 Å². The van der Waals surface area contributed by atoms with Gasteiger partial charge in [0, 0.05) is 0 Å². The Balaban J connectivity index is 0.000000236. The molecular weight excluding hydrogens is 575 g/mol. The molecule has 0 unspecified atom stereocenters. The van der Waals surface area contributed by atoms with Crippen LogP contribution in [0, 0.1) is 0 Å². The van der Waals surface area contributed by atoms with Gasteiger partial charge in [0.25, 0.3) is 0 Å². The van der Waals surface area contributed by atoms with Gasteiger partial charge in [-0.05, 0) is 18.4 Å². The van der Waals surface area contributed by atoms with Crippen LogP contribution < -0.4 is 24.8 Å². The van der Waals surface area contributed by atoms with Gasteiger partial charge >= 0.3 is 30.2 Å². The van der Waals surface area contributed by atoms with E-state index in [9.17, 15) is 0 Å². The van der Waals surface area contributed by atoms with Gasteiger partial charge in [-0.3, -0.25) is 0 Å². The molecule has 0 N–H and O–H groups in total. The van der Waals surface area contributed by atoms with Gasteiger partial charge in [0.2, 0.25) is 0 Å². The molecule has 0 aliphatic rings. The minimum atomic E-state index is 0. The van der Waals surface area contributed by atoms with Crippen molar-refractivity contribution in [1.82, 2.24) is 0 Å². The van der Waals surface area contributed by atoms with Crippen LogP contribution in [0.25, 0.3) is 21.5 Å². The minimum Gasteiger partial charge on any atom is -0.213 e. The number of fused-ring (bicyclic) bond motifs is 3. The minimum absolute atomic E-state index is 0. The van der Waals surface area contributed by atoms with E-state index in [-0.39, 0.29) is 24.8 Å². The maximum atomic E-state index is 3.06. The van der Waals surface area contributed by atoms with Crippen LogP contribution in [-0.2, 0) is 36.2 Å². The molecule has 0 aliphatic carbocycles. The zero-order valence-electron chi connectivity index (χ0n) is 19.9. The molecule has 2 radical (unpaired) electrons. The molecule has 6 aromatic carbocycles. The first-order chi connectivity index (χ1) is 16.9. The summed E-state index contributed by atoms with van der Waals surface area (Å²) in [6.45, 7) is 3.06. The molecule has 0 spiro atoms. The van der Waals surface area contributed by atoms with E-state index in [1.165, 1.54) is 67.1 Å². The summed E-state index contributed by atoms with van der Waals surface area (Å²) in [5.74, 6) is 0. The van der Waals surface area contributed by atoms with Crippen LogP contribution in [-0.4, -0.2) is 6.88 Å². The van der Waals surface area contributed by atoms with Gasteiger partial charge < -0.3 is 24.8 Å². The van der Waals surface area contributed by atoms with Crippen molar-refractivity contribution in [1.29, 1.82) is 0 Å². The Morgan fingerprint density at radius 2 is 1.03 bits per heavy atom. The SMILES string of the molecule is [Cl-].[Cl-].[Si]=[Zr+2].c1ccc(Cc2ccc[c-]2Cc2ccccc2)cc1.c1ccc2c(c1)[cH-]c1ccccc12. The Morgan fingerprint density at radius 3 is 1.58 bits per heavy atom. The third kappa shape index (κ3) is 7.89. The largest absolute Gasteiger partial charge is 0.213 e. The van der Waals surface area contributed by atoms with Gasteiger partial charge in [0.05, 0.1) is 0 Å². The number of halogens is 2. The summed E-state index contributed by atoms with van der Waals surface area (Å²) in [7, 11) is 0. The van der Waals surface area contributed by atoms with Crippen LogP contribution in [0.2, 0.25) is 0 Å². The zero-order valence-corrected chi connectivity index (χ0v) is 24.8. The van der Waals surface area contributed by atoms with E-state index in [1.807, 2.05) is 0 Å². The first-order valence-corrected chi connectivity index (χ1v) is 15.6. The molecule has 0 fully saturated rings. The fourth-order valence-electron chi connectivity index (χ4n) is 4.37. The van der Waals surface area contributed by atoms with Crippen molar-refractivity contribution in [3.8, 4) is 0 Å². The van der Waals surface area contributed by atoms with Crippen molar-refractivity contribution in [3.05, 3.63) is 156 Å². The van der Waals surface area contributed by atoms with E-state index in [1.54, 1.807) is 0 Å². The van der Waals surface area contributed by atoms with Crippen molar-refractivity contribution in [3.63, 3.8) is 0 Å². The Bertz CT molecular complexity index is 1330. The molecule has 0 heterocycles. The zero-order chi connectivity index (χ0) is 23.6. The van der Waals surface area contributed by atoms with Crippen molar-refractivity contribution < 1.29 is 48.1 Å². The summed E-state index contributed by atoms with van der Waals surface area (Å²) in [5.41, 5.74) is 5.64. The molecule has 178 valence electrons. The van der Waals surface area contributed by atoms with E-state index >= 15 is 0 Å². The fourth-order valence-corrected chi connectivity index (χ4v) is 4.37. The molecule has 36 heavy (non-hydrogen) atoms. The molecule has 0 amide bonds. The Morgan fingerprint density at radius 1 is 0.556 bits per heavy atom. The van der Waals surface area contributed by atoms with Crippen molar-refractivity contribution in [2.75, 3.05) is 0 Å². The van der Waals surface area contributed by atoms with Crippen LogP contribution in [0.15, 0.2) is 133 Å². The number of benzene rings is 4. The van der Waals surface area contributed by atoms with Gasteiger partial charge in [-0.2, -0.15) is 11.6 Å². The van der Waals surface area contributed by atoms with Crippen LogP contribution in [0.5, 0.6) is 0 Å². The normalized spacial score (nSPS) is 9.72. The molecule has 0 bridgehead atoms. The van der Waals surface area contributed by atoms with Crippen LogP contribution in [0.3, 0.4) is 0 Å². The van der Waals surface area contributed by atoms with Crippen molar-refractivity contribution in [2.24, 2.45) is 0 Å². The molecule has 0 saturated carbocycles. The summed E-state index contributed by atoms with van der Waals surface area (Å²) in [5, 5.41) is 5.39. The second-order valence-electron chi connectivity index (χ2n) is 8.22. The fraction of sp³-hybridized carbons (Fsp3) is 0.0625. The Kier molecular flexibility index (Phi) is 13.2. The molecular formula is C32H26Cl2SiZr-2. The molecule has 0 aromatic heterocycles. The predicted molar refractivity (Wildman–Crippen MR) is 143 cm³/mol. The van der Waals surface area contributed by atoms with E-state index in [2.05, 4.69) is 140 Å². The average Bonchev–Trinajstić information content (AvgIpc) is 3.51. The summed E-state index contributed by atoms with van der Waals surface area (Å²) in [6.07, 6.45) is 2.05. The number of hydrogen-bond donors (Lipinski definition) is 0. The molecule has 0 saturated heterocycles. The average molecular weight is 601 g/mol. The first-order valence-electron chi connectivity index (χ1n) is 11.5. The third-order valence-electron chi connectivity index (χ3n) is 6.00. The number of rotatable bonds is 4. The van der Waals surface area contributed by atoms with Gasteiger partial charge in [-0.1, -0.05) is 103 Å². The smallest absolute Gasteiger partial charge is 0.0257 e. The van der Waals surface area contributed by atoms with Crippen molar-refractivity contribution in [2.45, 2.75) is 12.8 Å². The summed E-state index contributed by atoms with van der Waals surface area (Å²) in [4.78, 5) is 0. The maximum Gasteiger partial charge on any atom is -0.0257 e. The monoisotopic (exact) mass is 598 g/mol. The summed E-state index contributed by atoms with van der Waals surface area (Å²) < 4.78 is 0. The second-order valence-corrected chi connectivity index (χ2v) is 8.22. The van der Waals surface area contributed by atoms with Crippen molar-refractivity contribution >= 4 is 28.4 Å². The molecule has 0 aliphatic heterocycles. The maximum absolute atomic E-state index is 3.06. The standard InChI is InChI=1S/C19H17.C13H9.2ClH.Si.Zr/c1-3-8-16(9-4-1)14-18-12-7-13-19(18)15-17-10-5-2-6-11-17;1-3-7-12-10(5-1)9-11-6-2-4-8-13(11)12;;;;/h1-13H,14-15H2;1-9H;2*1H;;/q2*-1;;;;+2/p-2. The number of hydrogen-bond acceptors (Lipinski definition) is 0. The first kappa shape index (κ1) is 30.0. The Hall–Kier alpha value is -2.22. The van der Waals surface area contributed by atoms with Gasteiger partial charge in [-0.25, -0.2) is 12.1 Å². The van der Waals surface area contributed by atoms with E-state index in [4.69, 9.17) is 0 Å². The van der Waals surface area contributed by atoms with Crippen LogP contribution in [0.1, 0.15) is 22.3 Å². The topological polar surface area (TPSA) is 0 Å². The molecule has 6 rings (SSSR count). The summed E-state index contributed by atoms with van der Waals surface area (Å²) in [6, 6.07) is 47.3. The van der Waals surface area contributed by atoms with Gasteiger partial charge in [0.1, 0.15) is 0 Å². The van der Waals surface area contributed by atoms with Gasteiger partial charge in [-0.15, -0.1) is 45.3 Å². The second kappa shape index (κ2) is 15.8. The van der Waals surface area contributed by atoms with Gasteiger partial charge in [0.15, 0.2) is 0 Å². The predicted octanol–water partition coefficient (Wildman–Crippen LogP) is 1.92. The molecule has 6 aromatic rings. The van der Waals surface area contributed by atoms with E-state index in [0.29, 0.717) is 0 Å². The molecule has 0 atom stereocenters. The summed E-state index contributed by atoms with van der Waals surface area (Å²) >= 11 is 1.36. The Labute approximate surface area is 243 Å². The molecule has 0 nitrogen and oxygen atoms in total. The molecule has 4 heteroatoms. The van der Waals surface area contributed by atoms with Crippen LogP contribution in [0.4, 0.5) is 0 Å². The quantitative estimate of drug-likeness (QED) is 0.215. The third-order valence-corrected chi connectivity index (χ3v) is 6.00. The van der Waals surface area contributed by atoms with E-state index in [0.717, 1.165) is 12.8 Å². The van der Waals surface area contributed by atoms with E-state index < -0.39 is 0 Å².